The number of methoxy groups -OCH3 is 1. The maximum Gasteiger partial charge on any atom is 0.152 e. The van der Waals surface area contributed by atoms with Crippen molar-refractivity contribution < 1.29 is 4.74 Å². The summed E-state index contributed by atoms with van der Waals surface area (Å²) in [4.78, 5) is 8.73. The molecule has 1 aromatic carbocycles. The van der Waals surface area contributed by atoms with Gasteiger partial charge >= 0.3 is 0 Å². The normalized spacial score (nSPS) is 10.1. The first-order valence-corrected chi connectivity index (χ1v) is 6.04. The Bertz CT molecular complexity index is 514. The minimum atomic E-state index is 0.813. The molecule has 0 spiro atoms. The fourth-order valence-corrected chi connectivity index (χ4v) is 1.69. The van der Waals surface area contributed by atoms with Crippen LogP contribution in [0.25, 0.3) is 11.3 Å². The second kappa shape index (κ2) is 6.00. The molecule has 0 atom stereocenters. The predicted molar refractivity (Wildman–Crippen MR) is 72.8 cm³/mol. The summed E-state index contributed by atoms with van der Waals surface area (Å²) in [6.07, 6.45) is 4.45. The molecule has 0 saturated heterocycles. The van der Waals surface area contributed by atoms with E-state index in [1.54, 1.807) is 19.5 Å². The van der Waals surface area contributed by atoms with Crippen LogP contribution in [0.15, 0.2) is 36.7 Å². The van der Waals surface area contributed by atoms with Crippen molar-refractivity contribution in [3.8, 4) is 17.0 Å². The number of hydrogen-bond donors (Lipinski definition) is 1. The van der Waals surface area contributed by atoms with Crippen LogP contribution in [0.5, 0.6) is 5.75 Å². The number of benzene rings is 1. The van der Waals surface area contributed by atoms with Crippen molar-refractivity contribution in [3.05, 3.63) is 36.7 Å². The van der Waals surface area contributed by atoms with Gasteiger partial charge in [-0.25, -0.2) is 4.98 Å². The summed E-state index contributed by atoms with van der Waals surface area (Å²) in [6, 6.07) is 7.83. The molecule has 0 fully saturated rings. The van der Waals surface area contributed by atoms with Crippen molar-refractivity contribution >= 4 is 5.82 Å². The first-order chi connectivity index (χ1) is 8.85. The lowest BCUT2D eigenvalue weighted by molar-refractivity contribution is 0.415. The molecule has 2 aromatic rings. The Balaban J connectivity index is 2.36. The molecule has 4 nitrogen and oxygen atoms in total. The third-order valence-electron chi connectivity index (χ3n) is 2.58. The predicted octanol–water partition coefficient (Wildman–Crippen LogP) is 2.97. The van der Waals surface area contributed by atoms with Crippen LogP contribution in [0, 0.1) is 0 Å². The monoisotopic (exact) mass is 243 g/mol. The van der Waals surface area contributed by atoms with E-state index in [0.717, 1.165) is 35.8 Å². The van der Waals surface area contributed by atoms with Gasteiger partial charge in [0.05, 0.1) is 7.11 Å². The van der Waals surface area contributed by atoms with E-state index in [0.29, 0.717) is 0 Å². The standard InChI is InChI=1S/C14H17N3O/c1-3-7-16-14-13(15-8-9-17-14)11-5-4-6-12(10-11)18-2/h4-6,8-10H,3,7H2,1-2H3,(H,16,17). The Hall–Kier alpha value is -2.10. The summed E-state index contributed by atoms with van der Waals surface area (Å²) < 4.78 is 5.23. The molecule has 1 heterocycles. The quantitative estimate of drug-likeness (QED) is 0.877. The van der Waals surface area contributed by atoms with Crippen LogP contribution in [0.1, 0.15) is 13.3 Å². The van der Waals surface area contributed by atoms with Crippen molar-refractivity contribution in [3.63, 3.8) is 0 Å². The summed E-state index contributed by atoms with van der Waals surface area (Å²) in [7, 11) is 1.66. The number of anilines is 1. The molecule has 0 aliphatic heterocycles. The first-order valence-electron chi connectivity index (χ1n) is 6.04. The van der Waals surface area contributed by atoms with Gasteiger partial charge in [-0.05, 0) is 18.6 Å². The summed E-state index contributed by atoms with van der Waals surface area (Å²) >= 11 is 0. The van der Waals surface area contributed by atoms with Gasteiger partial charge in [-0.3, -0.25) is 4.98 Å². The van der Waals surface area contributed by atoms with E-state index in [1.807, 2.05) is 24.3 Å². The molecule has 94 valence electrons. The zero-order chi connectivity index (χ0) is 12.8. The Morgan fingerprint density at radius 1 is 1.22 bits per heavy atom. The van der Waals surface area contributed by atoms with Crippen LogP contribution in [0.2, 0.25) is 0 Å². The van der Waals surface area contributed by atoms with E-state index in [9.17, 15) is 0 Å². The lowest BCUT2D eigenvalue weighted by Gasteiger charge is -2.09. The smallest absolute Gasteiger partial charge is 0.152 e. The van der Waals surface area contributed by atoms with Crippen LogP contribution < -0.4 is 10.1 Å². The third kappa shape index (κ3) is 2.77. The van der Waals surface area contributed by atoms with E-state index in [-0.39, 0.29) is 0 Å². The molecule has 1 aromatic heterocycles. The lowest BCUT2D eigenvalue weighted by Crippen LogP contribution is -2.04. The van der Waals surface area contributed by atoms with Crippen LogP contribution >= 0.6 is 0 Å². The van der Waals surface area contributed by atoms with E-state index < -0.39 is 0 Å². The van der Waals surface area contributed by atoms with Crippen molar-refractivity contribution in [2.75, 3.05) is 19.0 Å². The second-order valence-corrected chi connectivity index (χ2v) is 3.91. The number of rotatable bonds is 5. The number of aromatic nitrogens is 2. The molecule has 1 N–H and O–H groups in total. The van der Waals surface area contributed by atoms with Crippen LogP contribution in [0.3, 0.4) is 0 Å². The minimum Gasteiger partial charge on any atom is -0.497 e. The zero-order valence-electron chi connectivity index (χ0n) is 10.7. The lowest BCUT2D eigenvalue weighted by atomic mass is 10.1. The highest BCUT2D eigenvalue weighted by Gasteiger charge is 2.07. The maximum atomic E-state index is 5.23. The average Bonchev–Trinajstić information content (AvgIpc) is 2.45. The number of nitrogens with zero attached hydrogens (tertiary/aromatic N) is 2. The Labute approximate surface area is 107 Å². The third-order valence-corrected chi connectivity index (χ3v) is 2.58. The molecule has 18 heavy (non-hydrogen) atoms. The van der Waals surface area contributed by atoms with Gasteiger partial charge in [0.2, 0.25) is 0 Å². The topological polar surface area (TPSA) is 47.0 Å². The molecule has 0 unspecified atom stereocenters. The van der Waals surface area contributed by atoms with E-state index in [2.05, 4.69) is 22.2 Å². The van der Waals surface area contributed by atoms with Crippen molar-refractivity contribution in [1.82, 2.24) is 9.97 Å². The van der Waals surface area contributed by atoms with E-state index in [1.165, 1.54) is 0 Å². The molecule has 2 rings (SSSR count). The summed E-state index contributed by atoms with van der Waals surface area (Å²) in [5, 5.41) is 3.28. The highest BCUT2D eigenvalue weighted by Crippen LogP contribution is 2.26. The van der Waals surface area contributed by atoms with E-state index >= 15 is 0 Å². The SMILES string of the molecule is CCCNc1nccnc1-c1cccc(OC)c1. The molecule has 0 saturated carbocycles. The molecular weight excluding hydrogens is 226 g/mol. The molecule has 0 aliphatic carbocycles. The first kappa shape index (κ1) is 12.4. The zero-order valence-corrected chi connectivity index (χ0v) is 10.7. The van der Waals surface area contributed by atoms with Gasteiger partial charge in [-0.15, -0.1) is 0 Å². The highest BCUT2D eigenvalue weighted by molar-refractivity contribution is 5.72. The van der Waals surface area contributed by atoms with Gasteiger partial charge < -0.3 is 10.1 Å². The van der Waals surface area contributed by atoms with Gasteiger partial charge in [-0.2, -0.15) is 0 Å². The van der Waals surface area contributed by atoms with E-state index in [4.69, 9.17) is 4.74 Å². The van der Waals surface area contributed by atoms with Gasteiger partial charge in [0.15, 0.2) is 5.82 Å². The summed E-state index contributed by atoms with van der Waals surface area (Å²) in [6.45, 7) is 3.00. The summed E-state index contributed by atoms with van der Waals surface area (Å²) in [5.41, 5.74) is 1.85. The molecule has 0 radical (unpaired) electrons. The van der Waals surface area contributed by atoms with Crippen LogP contribution in [0.4, 0.5) is 5.82 Å². The number of hydrogen-bond acceptors (Lipinski definition) is 4. The molecule has 0 amide bonds. The average molecular weight is 243 g/mol. The number of ether oxygens (including phenoxy) is 1. The fraction of sp³-hybridized carbons (Fsp3) is 0.286. The minimum absolute atomic E-state index is 0.813. The summed E-state index contributed by atoms with van der Waals surface area (Å²) in [5.74, 6) is 1.63. The second-order valence-electron chi connectivity index (χ2n) is 3.91. The van der Waals surface area contributed by atoms with Crippen LogP contribution in [-0.4, -0.2) is 23.6 Å². The molecular formula is C14H17N3O. The Morgan fingerprint density at radius 3 is 2.83 bits per heavy atom. The van der Waals surface area contributed by atoms with Crippen LogP contribution in [-0.2, 0) is 0 Å². The Kier molecular flexibility index (Phi) is 4.12. The van der Waals surface area contributed by atoms with Crippen molar-refractivity contribution in [2.24, 2.45) is 0 Å². The molecule has 0 aliphatic rings. The maximum absolute atomic E-state index is 5.23. The van der Waals surface area contributed by atoms with Gasteiger partial charge in [0.1, 0.15) is 11.4 Å². The Morgan fingerprint density at radius 2 is 2.06 bits per heavy atom. The number of nitrogens with one attached hydrogen (secondary N) is 1. The van der Waals surface area contributed by atoms with Gasteiger partial charge in [0, 0.05) is 24.5 Å². The molecule has 4 heteroatoms. The van der Waals surface area contributed by atoms with Crippen molar-refractivity contribution in [2.45, 2.75) is 13.3 Å². The van der Waals surface area contributed by atoms with Gasteiger partial charge in [-0.1, -0.05) is 19.1 Å². The largest absolute Gasteiger partial charge is 0.497 e. The fourth-order valence-electron chi connectivity index (χ4n) is 1.69. The molecule has 0 bridgehead atoms. The van der Waals surface area contributed by atoms with Crippen molar-refractivity contribution in [1.29, 1.82) is 0 Å². The van der Waals surface area contributed by atoms with Gasteiger partial charge in [0.25, 0.3) is 0 Å². The highest BCUT2D eigenvalue weighted by atomic mass is 16.5.